The van der Waals surface area contributed by atoms with Crippen LogP contribution in [0.25, 0.3) is 21.3 Å². The Hall–Kier alpha value is -2.52. The number of hydrogen-bond donors (Lipinski definition) is 3. The smallest absolute Gasteiger partial charge is 0.152 e. The summed E-state index contributed by atoms with van der Waals surface area (Å²) in [5.41, 5.74) is 11.3. The fraction of sp³-hybridized carbons (Fsp3) is 0.440. The van der Waals surface area contributed by atoms with Crippen LogP contribution in [0.4, 0.5) is 5.82 Å². The van der Waals surface area contributed by atoms with Crippen molar-refractivity contribution in [1.29, 1.82) is 0 Å². The van der Waals surface area contributed by atoms with Crippen LogP contribution in [0.2, 0.25) is 0 Å². The summed E-state index contributed by atoms with van der Waals surface area (Å²) in [7, 11) is 0. The summed E-state index contributed by atoms with van der Waals surface area (Å²) in [6.45, 7) is 8.91. The third-order valence-corrected chi connectivity index (χ3v) is 7.19. The molecule has 0 unspecified atom stereocenters. The van der Waals surface area contributed by atoms with Gasteiger partial charge in [-0.1, -0.05) is 44.5 Å². The molecule has 4 rings (SSSR count). The lowest BCUT2D eigenvalue weighted by atomic mass is 9.99. The van der Waals surface area contributed by atoms with E-state index in [1.165, 1.54) is 11.1 Å². The van der Waals surface area contributed by atoms with Gasteiger partial charge in [-0.3, -0.25) is 0 Å². The third-order valence-electron chi connectivity index (χ3n) is 6.28. The number of rotatable bonds is 11. The van der Waals surface area contributed by atoms with Crippen molar-refractivity contribution in [2.75, 3.05) is 18.9 Å². The molecule has 0 saturated carbocycles. The molecule has 0 amide bonds. The Morgan fingerprint density at radius 3 is 2.61 bits per heavy atom. The summed E-state index contributed by atoms with van der Waals surface area (Å²) in [6.07, 6.45) is 1.04. The van der Waals surface area contributed by atoms with Crippen LogP contribution in [0.1, 0.15) is 44.1 Å². The molecule has 33 heavy (non-hydrogen) atoms. The second-order valence-electron chi connectivity index (χ2n) is 8.45. The Labute approximate surface area is 198 Å². The van der Waals surface area contributed by atoms with E-state index in [0.717, 1.165) is 40.0 Å². The Kier molecular flexibility index (Phi) is 7.60. The van der Waals surface area contributed by atoms with Gasteiger partial charge in [-0.2, -0.15) is 0 Å². The van der Waals surface area contributed by atoms with Crippen molar-refractivity contribution in [1.82, 2.24) is 19.9 Å². The van der Waals surface area contributed by atoms with E-state index in [1.807, 2.05) is 18.4 Å². The van der Waals surface area contributed by atoms with Gasteiger partial charge in [-0.15, -0.1) is 11.3 Å². The number of aliphatic hydroxyl groups excluding tert-OH is 1. The van der Waals surface area contributed by atoms with E-state index in [0.29, 0.717) is 31.5 Å². The molecule has 4 N–H and O–H groups in total. The van der Waals surface area contributed by atoms with Gasteiger partial charge in [0.05, 0.1) is 22.3 Å². The van der Waals surface area contributed by atoms with Crippen molar-refractivity contribution >= 4 is 38.4 Å². The Bertz CT molecular complexity index is 1200. The van der Waals surface area contributed by atoms with Gasteiger partial charge in [0.1, 0.15) is 17.9 Å². The van der Waals surface area contributed by atoms with Crippen LogP contribution < -0.4 is 11.1 Å². The first-order valence-corrected chi connectivity index (χ1v) is 12.4. The van der Waals surface area contributed by atoms with E-state index in [2.05, 4.69) is 53.0 Å². The number of imidazole rings is 1. The first-order chi connectivity index (χ1) is 16.0. The molecular formula is C25H33N5O2S. The second kappa shape index (κ2) is 10.6. The van der Waals surface area contributed by atoms with Crippen molar-refractivity contribution in [2.45, 2.75) is 52.9 Å². The molecule has 0 spiro atoms. The summed E-state index contributed by atoms with van der Waals surface area (Å²) in [5.74, 6) is 1.74. The average molecular weight is 468 g/mol. The highest BCUT2D eigenvalue weighted by Crippen LogP contribution is 2.33. The molecule has 0 fully saturated rings. The van der Waals surface area contributed by atoms with Gasteiger partial charge >= 0.3 is 0 Å². The Balaban J connectivity index is 1.60. The molecule has 0 aliphatic rings. The minimum atomic E-state index is 0.111. The number of hydrogen-bond acceptors (Lipinski definition) is 7. The predicted octanol–water partition coefficient (Wildman–Crippen LogP) is 4.31. The summed E-state index contributed by atoms with van der Waals surface area (Å²) in [4.78, 5) is 9.32. The molecule has 2 atom stereocenters. The fourth-order valence-electron chi connectivity index (χ4n) is 4.06. The molecule has 3 aromatic heterocycles. The van der Waals surface area contributed by atoms with E-state index in [-0.39, 0.29) is 12.6 Å². The molecule has 0 bridgehead atoms. The molecule has 8 heteroatoms. The summed E-state index contributed by atoms with van der Waals surface area (Å²) in [6, 6.07) is 10.7. The van der Waals surface area contributed by atoms with E-state index < -0.39 is 0 Å². The number of fused-ring (bicyclic) bond motifs is 3. The molecule has 3 heterocycles. The fourth-order valence-corrected chi connectivity index (χ4v) is 4.94. The number of nitrogens with zero attached hydrogens (tertiary/aromatic N) is 3. The van der Waals surface area contributed by atoms with E-state index in [4.69, 9.17) is 15.5 Å². The second-order valence-corrected chi connectivity index (χ2v) is 9.37. The first-order valence-electron chi connectivity index (χ1n) is 11.6. The maximum atomic E-state index is 9.65. The highest BCUT2D eigenvalue weighted by molar-refractivity contribution is 7.18. The molecule has 176 valence electrons. The number of anilines is 1. The van der Waals surface area contributed by atoms with E-state index in [1.54, 1.807) is 11.3 Å². The SMILES string of the molecule is CCOCc1nc2c(N)nc3ccsc3c2n1Cc1ccc(CN[C@H](CO)[C@@H](C)CC)cc1. The highest BCUT2D eigenvalue weighted by atomic mass is 32.1. The Morgan fingerprint density at radius 1 is 1.15 bits per heavy atom. The molecule has 7 nitrogen and oxygen atoms in total. The van der Waals surface area contributed by atoms with Gasteiger partial charge in [0, 0.05) is 25.7 Å². The van der Waals surface area contributed by atoms with Crippen LogP contribution in [0.3, 0.4) is 0 Å². The summed E-state index contributed by atoms with van der Waals surface area (Å²) >= 11 is 1.66. The molecule has 4 aromatic rings. The van der Waals surface area contributed by atoms with Gasteiger partial charge in [-0.25, -0.2) is 9.97 Å². The Morgan fingerprint density at radius 2 is 1.91 bits per heavy atom. The maximum absolute atomic E-state index is 9.65. The third kappa shape index (κ3) is 5.04. The molecule has 0 saturated heterocycles. The molecular weight excluding hydrogens is 434 g/mol. The number of thiophene rings is 1. The standard InChI is InChI=1S/C25H33N5O2S/c1-4-16(3)20(14-31)27-12-17-6-8-18(9-7-17)13-30-21(15-32-5-2)29-22-23(30)24-19(10-11-33-24)28-25(22)26/h6-11,16,20,27,31H,4-5,12-15H2,1-3H3,(H2,26,28)/t16-,20+/m0/s1. The molecule has 0 aliphatic carbocycles. The zero-order chi connectivity index (χ0) is 23.4. The number of nitrogen functional groups attached to an aromatic ring is 1. The topological polar surface area (TPSA) is 98.2 Å². The van der Waals surface area contributed by atoms with Crippen molar-refractivity contribution in [3.05, 3.63) is 52.7 Å². The van der Waals surface area contributed by atoms with Crippen LogP contribution in [-0.2, 0) is 24.4 Å². The monoisotopic (exact) mass is 467 g/mol. The number of pyridine rings is 1. The van der Waals surface area contributed by atoms with Gasteiger partial charge < -0.3 is 25.5 Å². The van der Waals surface area contributed by atoms with Crippen molar-refractivity contribution in [3.8, 4) is 0 Å². The minimum absolute atomic E-state index is 0.111. The maximum Gasteiger partial charge on any atom is 0.152 e. The first kappa shape index (κ1) is 23.6. The number of benzene rings is 1. The highest BCUT2D eigenvalue weighted by Gasteiger charge is 2.19. The number of aromatic nitrogens is 3. The summed E-state index contributed by atoms with van der Waals surface area (Å²) in [5, 5.41) is 15.2. The van der Waals surface area contributed by atoms with Crippen molar-refractivity contribution < 1.29 is 9.84 Å². The normalized spacial score (nSPS) is 13.7. The van der Waals surface area contributed by atoms with Gasteiger partial charge in [0.15, 0.2) is 5.82 Å². The molecule has 1 aromatic carbocycles. The number of ether oxygens (including phenoxy) is 1. The van der Waals surface area contributed by atoms with E-state index in [9.17, 15) is 5.11 Å². The van der Waals surface area contributed by atoms with E-state index >= 15 is 0 Å². The average Bonchev–Trinajstić information content (AvgIpc) is 3.43. The van der Waals surface area contributed by atoms with Gasteiger partial charge in [-0.05, 0) is 35.4 Å². The number of nitrogens with two attached hydrogens (primary N) is 1. The lowest BCUT2D eigenvalue weighted by molar-refractivity contribution is 0.126. The van der Waals surface area contributed by atoms with Gasteiger partial charge in [0.25, 0.3) is 0 Å². The van der Waals surface area contributed by atoms with Gasteiger partial charge in [0.2, 0.25) is 0 Å². The molecule has 0 radical (unpaired) electrons. The minimum Gasteiger partial charge on any atom is -0.395 e. The number of nitrogens with one attached hydrogen (secondary N) is 1. The lowest BCUT2D eigenvalue weighted by Crippen LogP contribution is -2.37. The lowest BCUT2D eigenvalue weighted by Gasteiger charge is -2.22. The zero-order valence-electron chi connectivity index (χ0n) is 19.5. The van der Waals surface area contributed by atoms with Crippen LogP contribution in [0.15, 0.2) is 35.7 Å². The van der Waals surface area contributed by atoms with Crippen molar-refractivity contribution in [2.24, 2.45) is 5.92 Å². The quantitative estimate of drug-likeness (QED) is 0.304. The summed E-state index contributed by atoms with van der Waals surface area (Å²) < 4.78 is 9.00. The predicted molar refractivity (Wildman–Crippen MR) is 135 cm³/mol. The zero-order valence-corrected chi connectivity index (χ0v) is 20.4. The largest absolute Gasteiger partial charge is 0.395 e. The van der Waals surface area contributed by atoms with Crippen LogP contribution in [0.5, 0.6) is 0 Å². The van der Waals surface area contributed by atoms with Crippen LogP contribution >= 0.6 is 11.3 Å². The van der Waals surface area contributed by atoms with Crippen molar-refractivity contribution in [3.63, 3.8) is 0 Å². The van der Waals surface area contributed by atoms with Crippen LogP contribution in [-0.4, -0.2) is 38.9 Å². The molecule has 0 aliphatic heterocycles. The number of aliphatic hydroxyl groups is 1. The van der Waals surface area contributed by atoms with Crippen LogP contribution in [0, 0.1) is 5.92 Å².